The average Bonchev–Trinajstić information content (AvgIpc) is 2.16. The molecule has 0 bridgehead atoms. The van der Waals surface area contributed by atoms with E-state index in [0.29, 0.717) is 10.8 Å². The number of halogens is 3. The van der Waals surface area contributed by atoms with Gasteiger partial charge in [0.05, 0.1) is 18.8 Å². The maximum absolute atomic E-state index is 12.2. The molecule has 0 amide bonds. The number of nitrogens with zero attached hydrogens (tertiary/aromatic N) is 2. The molecule has 1 rings (SSSR count). The summed E-state index contributed by atoms with van der Waals surface area (Å²) >= 11 is 5.68. The van der Waals surface area contributed by atoms with Gasteiger partial charge in [0.25, 0.3) is 6.43 Å². The maximum atomic E-state index is 12.2. The van der Waals surface area contributed by atoms with E-state index in [2.05, 4.69) is 4.98 Å². The van der Waals surface area contributed by atoms with E-state index in [1.807, 2.05) is 0 Å². The molecule has 0 aliphatic carbocycles. The van der Waals surface area contributed by atoms with E-state index >= 15 is 0 Å². The molecule has 1 aromatic heterocycles. The Labute approximate surface area is 97.7 Å². The lowest BCUT2D eigenvalue weighted by Crippen LogP contribution is -2.31. The van der Waals surface area contributed by atoms with Gasteiger partial charge in [0.15, 0.2) is 0 Å². The lowest BCUT2D eigenvalue weighted by Gasteiger charge is -2.20. The van der Waals surface area contributed by atoms with Gasteiger partial charge in [-0.15, -0.1) is 0 Å². The van der Waals surface area contributed by atoms with E-state index in [1.165, 1.54) is 4.90 Å². The summed E-state index contributed by atoms with van der Waals surface area (Å²) in [6.45, 7) is -0.0912. The van der Waals surface area contributed by atoms with Crippen LogP contribution in [-0.4, -0.2) is 41.1 Å². The molecule has 6 heteroatoms. The molecule has 1 heterocycles. The number of pyridine rings is 1. The van der Waals surface area contributed by atoms with Gasteiger partial charge in [0, 0.05) is 13.1 Å². The highest BCUT2D eigenvalue weighted by Gasteiger charge is 2.12. The van der Waals surface area contributed by atoms with Gasteiger partial charge < -0.3 is 5.11 Å². The van der Waals surface area contributed by atoms with Crippen LogP contribution in [0.2, 0.25) is 5.15 Å². The van der Waals surface area contributed by atoms with Crippen molar-refractivity contribution in [3.8, 4) is 0 Å². The molecule has 1 N–H and O–H groups in total. The number of aliphatic hydroxyl groups excluding tert-OH is 1. The van der Waals surface area contributed by atoms with Gasteiger partial charge >= 0.3 is 0 Å². The topological polar surface area (TPSA) is 36.4 Å². The first-order chi connectivity index (χ1) is 7.61. The molecule has 16 heavy (non-hydrogen) atoms. The van der Waals surface area contributed by atoms with Crippen LogP contribution in [0.3, 0.4) is 0 Å². The van der Waals surface area contributed by atoms with Crippen LogP contribution in [0.15, 0.2) is 18.2 Å². The van der Waals surface area contributed by atoms with Gasteiger partial charge in [0.1, 0.15) is 5.15 Å². The van der Waals surface area contributed by atoms with Crippen LogP contribution in [-0.2, 0) is 6.54 Å². The molecule has 0 atom stereocenters. The van der Waals surface area contributed by atoms with Crippen molar-refractivity contribution in [3.63, 3.8) is 0 Å². The number of hydrogen-bond acceptors (Lipinski definition) is 3. The van der Waals surface area contributed by atoms with Crippen LogP contribution in [0.4, 0.5) is 8.78 Å². The molecule has 90 valence electrons. The van der Waals surface area contributed by atoms with Crippen molar-refractivity contribution in [1.29, 1.82) is 0 Å². The third-order valence-electron chi connectivity index (χ3n) is 1.97. The number of hydrogen-bond donors (Lipinski definition) is 1. The van der Waals surface area contributed by atoms with Crippen molar-refractivity contribution in [1.82, 2.24) is 9.88 Å². The van der Waals surface area contributed by atoms with Gasteiger partial charge in [-0.1, -0.05) is 17.7 Å². The van der Waals surface area contributed by atoms with Gasteiger partial charge in [-0.05, 0) is 12.1 Å². The molecule has 0 fully saturated rings. The highest BCUT2D eigenvalue weighted by Crippen LogP contribution is 2.08. The second kappa shape index (κ2) is 6.73. The summed E-state index contributed by atoms with van der Waals surface area (Å²) in [7, 11) is 0. The van der Waals surface area contributed by atoms with Crippen LogP contribution >= 0.6 is 11.6 Å². The smallest absolute Gasteiger partial charge is 0.251 e. The predicted octanol–water partition coefficient (Wildman–Crippen LogP) is 1.79. The maximum Gasteiger partial charge on any atom is 0.251 e. The van der Waals surface area contributed by atoms with Gasteiger partial charge in [-0.2, -0.15) is 0 Å². The van der Waals surface area contributed by atoms with Gasteiger partial charge in [-0.25, -0.2) is 13.8 Å². The molecule has 0 spiro atoms. The van der Waals surface area contributed by atoms with Crippen LogP contribution in [0.25, 0.3) is 0 Å². The van der Waals surface area contributed by atoms with Gasteiger partial charge in [0.2, 0.25) is 0 Å². The van der Waals surface area contributed by atoms with Crippen molar-refractivity contribution in [2.45, 2.75) is 13.0 Å². The molecular formula is C10H13ClF2N2O. The predicted molar refractivity (Wildman–Crippen MR) is 57.6 cm³/mol. The molecule has 3 nitrogen and oxygen atoms in total. The number of aromatic nitrogens is 1. The van der Waals surface area contributed by atoms with Crippen molar-refractivity contribution in [2.24, 2.45) is 0 Å². The third-order valence-corrected chi connectivity index (χ3v) is 2.18. The van der Waals surface area contributed by atoms with E-state index in [9.17, 15) is 8.78 Å². The second-order valence-electron chi connectivity index (χ2n) is 3.30. The fourth-order valence-corrected chi connectivity index (χ4v) is 1.52. The molecule has 1 aromatic rings. The van der Waals surface area contributed by atoms with Crippen molar-refractivity contribution < 1.29 is 13.9 Å². The summed E-state index contributed by atoms with van der Waals surface area (Å²) in [4.78, 5) is 5.43. The van der Waals surface area contributed by atoms with E-state index in [-0.39, 0.29) is 26.2 Å². The quantitative estimate of drug-likeness (QED) is 0.782. The average molecular weight is 251 g/mol. The Morgan fingerprint density at radius 3 is 2.75 bits per heavy atom. The standard InChI is InChI=1S/C10H13ClF2N2O/c11-9-3-1-2-8(14-9)6-15(4-5-16)7-10(12)13/h1-3,10,16H,4-7H2. The Morgan fingerprint density at radius 2 is 2.19 bits per heavy atom. The van der Waals surface area contributed by atoms with Crippen LogP contribution in [0, 0.1) is 0 Å². The molecular weight excluding hydrogens is 238 g/mol. The van der Waals surface area contributed by atoms with Crippen molar-refractivity contribution in [3.05, 3.63) is 29.0 Å². The zero-order chi connectivity index (χ0) is 12.0. The fourth-order valence-electron chi connectivity index (χ4n) is 1.34. The van der Waals surface area contributed by atoms with Crippen LogP contribution in [0.1, 0.15) is 5.69 Å². The Kier molecular flexibility index (Phi) is 5.59. The first-order valence-electron chi connectivity index (χ1n) is 4.84. The molecule has 0 radical (unpaired) electrons. The largest absolute Gasteiger partial charge is 0.395 e. The van der Waals surface area contributed by atoms with Crippen LogP contribution < -0.4 is 0 Å². The summed E-state index contributed by atoms with van der Waals surface area (Å²) < 4.78 is 24.4. The first-order valence-corrected chi connectivity index (χ1v) is 5.22. The number of alkyl halides is 2. The Morgan fingerprint density at radius 1 is 1.44 bits per heavy atom. The van der Waals surface area contributed by atoms with E-state index in [4.69, 9.17) is 16.7 Å². The molecule has 0 saturated carbocycles. The number of rotatable bonds is 6. The minimum Gasteiger partial charge on any atom is -0.395 e. The van der Waals surface area contributed by atoms with Crippen molar-refractivity contribution in [2.75, 3.05) is 19.7 Å². The highest BCUT2D eigenvalue weighted by atomic mass is 35.5. The Bertz CT molecular complexity index is 325. The number of aliphatic hydroxyl groups is 1. The van der Waals surface area contributed by atoms with Crippen molar-refractivity contribution >= 4 is 11.6 Å². The summed E-state index contributed by atoms with van der Waals surface area (Å²) in [5, 5.41) is 9.08. The summed E-state index contributed by atoms with van der Waals surface area (Å²) in [6.07, 6.45) is -2.43. The minimum atomic E-state index is -2.43. The molecule has 0 aromatic carbocycles. The molecule has 0 aliphatic rings. The summed E-state index contributed by atoms with van der Waals surface area (Å²) in [5.41, 5.74) is 0.613. The summed E-state index contributed by atoms with van der Waals surface area (Å²) in [6, 6.07) is 5.04. The molecule has 0 saturated heterocycles. The van der Waals surface area contributed by atoms with Crippen LogP contribution in [0.5, 0.6) is 0 Å². The van der Waals surface area contributed by atoms with E-state index in [1.54, 1.807) is 18.2 Å². The zero-order valence-electron chi connectivity index (χ0n) is 8.61. The third kappa shape index (κ3) is 4.83. The molecule has 0 aliphatic heterocycles. The zero-order valence-corrected chi connectivity index (χ0v) is 9.37. The van der Waals surface area contributed by atoms with Gasteiger partial charge in [-0.3, -0.25) is 4.90 Å². The normalized spacial score (nSPS) is 11.4. The van der Waals surface area contributed by atoms with E-state index in [0.717, 1.165) is 0 Å². The minimum absolute atomic E-state index is 0.159. The first kappa shape index (κ1) is 13.3. The SMILES string of the molecule is OCCN(Cc1cccc(Cl)n1)CC(F)F. The summed E-state index contributed by atoms with van der Waals surface area (Å²) in [5.74, 6) is 0. The fraction of sp³-hybridized carbons (Fsp3) is 0.500. The van der Waals surface area contributed by atoms with E-state index < -0.39 is 6.43 Å². The highest BCUT2D eigenvalue weighted by molar-refractivity contribution is 6.29. The lowest BCUT2D eigenvalue weighted by molar-refractivity contribution is 0.0740. The second-order valence-corrected chi connectivity index (χ2v) is 3.69. The monoisotopic (exact) mass is 250 g/mol. The Balaban J connectivity index is 2.60. The Hall–Kier alpha value is -0.780. The lowest BCUT2D eigenvalue weighted by atomic mass is 10.3. The molecule has 0 unspecified atom stereocenters.